The quantitative estimate of drug-likeness (QED) is 0.535. The Balaban J connectivity index is 1.72. The zero-order valence-electron chi connectivity index (χ0n) is 8.84. The lowest BCUT2D eigenvalue weighted by Gasteiger charge is -2.31. The normalized spacial score (nSPS) is 31.9. The molecule has 4 nitrogen and oxygen atoms in total. The topological polar surface area (TPSA) is 53.3 Å². The first-order valence-corrected chi connectivity index (χ1v) is 5.75. The van der Waals surface area contributed by atoms with E-state index in [9.17, 15) is 0 Å². The highest BCUT2D eigenvalue weighted by Crippen LogP contribution is 2.12. The van der Waals surface area contributed by atoms with Gasteiger partial charge in [-0.15, -0.1) is 0 Å². The van der Waals surface area contributed by atoms with Crippen LogP contribution < -0.4 is 16.4 Å². The van der Waals surface area contributed by atoms with E-state index in [-0.39, 0.29) is 0 Å². The van der Waals surface area contributed by atoms with E-state index in [1.807, 2.05) is 0 Å². The Labute approximate surface area is 86.2 Å². The third-order valence-corrected chi connectivity index (χ3v) is 3.38. The molecule has 0 aromatic heterocycles. The fourth-order valence-electron chi connectivity index (χ4n) is 2.38. The van der Waals surface area contributed by atoms with Crippen LogP contribution >= 0.6 is 0 Å². The SMILES string of the molecule is NC(CN1CCNCC1)C1CCNC1. The van der Waals surface area contributed by atoms with Crippen LogP contribution in [0.4, 0.5) is 0 Å². The molecule has 4 heteroatoms. The Bertz CT molecular complexity index is 162. The van der Waals surface area contributed by atoms with Gasteiger partial charge in [-0.25, -0.2) is 0 Å². The highest BCUT2D eigenvalue weighted by Gasteiger charge is 2.23. The first-order valence-electron chi connectivity index (χ1n) is 5.75. The minimum Gasteiger partial charge on any atom is -0.326 e. The molecular weight excluding hydrogens is 176 g/mol. The Morgan fingerprint density at radius 3 is 2.64 bits per heavy atom. The first kappa shape index (κ1) is 10.4. The van der Waals surface area contributed by atoms with Crippen LogP contribution in [0.25, 0.3) is 0 Å². The van der Waals surface area contributed by atoms with Gasteiger partial charge in [-0.1, -0.05) is 0 Å². The second-order valence-corrected chi connectivity index (χ2v) is 4.47. The maximum atomic E-state index is 6.21. The van der Waals surface area contributed by atoms with Crippen molar-refractivity contribution in [1.29, 1.82) is 0 Å². The second-order valence-electron chi connectivity index (χ2n) is 4.47. The van der Waals surface area contributed by atoms with Gasteiger partial charge in [0.2, 0.25) is 0 Å². The van der Waals surface area contributed by atoms with Crippen molar-refractivity contribution in [3.63, 3.8) is 0 Å². The van der Waals surface area contributed by atoms with Gasteiger partial charge in [0.25, 0.3) is 0 Å². The minimum atomic E-state index is 0.364. The van der Waals surface area contributed by atoms with E-state index in [0.717, 1.165) is 45.8 Å². The van der Waals surface area contributed by atoms with Gasteiger partial charge in [0, 0.05) is 38.8 Å². The molecule has 2 unspecified atom stereocenters. The maximum absolute atomic E-state index is 6.21. The summed E-state index contributed by atoms with van der Waals surface area (Å²) in [6, 6.07) is 0.364. The van der Waals surface area contributed by atoms with Crippen LogP contribution in [0.3, 0.4) is 0 Å². The number of nitrogens with two attached hydrogens (primary N) is 1. The van der Waals surface area contributed by atoms with E-state index in [2.05, 4.69) is 15.5 Å². The van der Waals surface area contributed by atoms with E-state index < -0.39 is 0 Å². The molecule has 0 spiro atoms. The summed E-state index contributed by atoms with van der Waals surface area (Å²) in [6.07, 6.45) is 1.26. The first-order chi connectivity index (χ1) is 6.86. The molecule has 0 bridgehead atoms. The molecule has 2 heterocycles. The number of nitrogens with zero attached hydrogens (tertiary/aromatic N) is 1. The van der Waals surface area contributed by atoms with Gasteiger partial charge in [0.1, 0.15) is 0 Å². The Morgan fingerprint density at radius 2 is 2.00 bits per heavy atom. The molecule has 2 fully saturated rings. The molecule has 2 atom stereocenters. The van der Waals surface area contributed by atoms with Gasteiger partial charge >= 0.3 is 0 Å². The molecule has 2 rings (SSSR count). The summed E-state index contributed by atoms with van der Waals surface area (Å²) in [5, 5.41) is 6.74. The van der Waals surface area contributed by atoms with Crippen molar-refractivity contribution in [1.82, 2.24) is 15.5 Å². The van der Waals surface area contributed by atoms with Crippen molar-refractivity contribution >= 4 is 0 Å². The monoisotopic (exact) mass is 198 g/mol. The Kier molecular flexibility index (Phi) is 3.75. The molecule has 0 aromatic rings. The zero-order chi connectivity index (χ0) is 9.80. The summed E-state index contributed by atoms with van der Waals surface area (Å²) < 4.78 is 0. The number of hydrogen-bond acceptors (Lipinski definition) is 4. The van der Waals surface area contributed by atoms with E-state index in [4.69, 9.17) is 5.73 Å². The van der Waals surface area contributed by atoms with Gasteiger partial charge < -0.3 is 16.4 Å². The van der Waals surface area contributed by atoms with E-state index in [1.54, 1.807) is 0 Å². The van der Waals surface area contributed by atoms with Crippen LogP contribution in [0.5, 0.6) is 0 Å². The van der Waals surface area contributed by atoms with Gasteiger partial charge in [-0.3, -0.25) is 4.90 Å². The summed E-state index contributed by atoms with van der Waals surface area (Å²) in [7, 11) is 0. The lowest BCUT2D eigenvalue weighted by molar-refractivity contribution is 0.209. The van der Waals surface area contributed by atoms with E-state index >= 15 is 0 Å². The molecule has 0 aliphatic carbocycles. The van der Waals surface area contributed by atoms with Crippen molar-refractivity contribution < 1.29 is 0 Å². The third kappa shape index (κ3) is 2.67. The van der Waals surface area contributed by atoms with Gasteiger partial charge in [0.05, 0.1) is 0 Å². The lowest BCUT2D eigenvalue weighted by Crippen LogP contribution is -2.50. The summed E-state index contributed by atoms with van der Waals surface area (Å²) in [5.74, 6) is 0.699. The predicted molar refractivity (Wildman–Crippen MR) is 58.3 cm³/mol. The molecule has 2 aliphatic heterocycles. The average molecular weight is 198 g/mol. The van der Waals surface area contributed by atoms with Crippen LogP contribution in [0.15, 0.2) is 0 Å². The second kappa shape index (κ2) is 5.07. The largest absolute Gasteiger partial charge is 0.326 e. The van der Waals surface area contributed by atoms with Crippen LogP contribution in [-0.4, -0.2) is 56.8 Å². The van der Waals surface area contributed by atoms with Crippen molar-refractivity contribution in [3.8, 4) is 0 Å². The number of rotatable bonds is 3. The summed E-state index contributed by atoms with van der Waals surface area (Å²) in [5.41, 5.74) is 6.21. The fraction of sp³-hybridized carbons (Fsp3) is 1.00. The molecule has 0 aromatic carbocycles. The van der Waals surface area contributed by atoms with Crippen LogP contribution in [-0.2, 0) is 0 Å². The standard InChI is InChI=1S/C10H22N4/c11-10(9-1-2-13-7-9)8-14-5-3-12-4-6-14/h9-10,12-13H,1-8,11H2. The summed E-state index contributed by atoms with van der Waals surface area (Å²) in [6.45, 7) is 7.91. The number of nitrogens with one attached hydrogen (secondary N) is 2. The van der Waals surface area contributed by atoms with Crippen molar-refractivity contribution in [3.05, 3.63) is 0 Å². The average Bonchev–Trinajstić information content (AvgIpc) is 2.72. The molecule has 0 amide bonds. The van der Waals surface area contributed by atoms with E-state index in [0.29, 0.717) is 12.0 Å². The number of hydrogen-bond donors (Lipinski definition) is 3. The zero-order valence-corrected chi connectivity index (χ0v) is 8.84. The lowest BCUT2D eigenvalue weighted by atomic mass is 9.99. The van der Waals surface area contributed by atoms with Crippen molar-refractivity contribution in [2.24, 2.45) is 11.7 Å². The van der Waals surface area contributed by atoms with Crippen molar-refractivity contribution in [2.75, 3.05) is 45.8 Å². The van der Waals surface area contributed by atoms with Gasteiger partial charge in [-0.2, -0.15) is 0 Å². The summed E-state index contributed by atoms with van der Waals surface area (Å²) >= 11 is 0. The molecule has 0 radical (unpaired) electrons. The molecular formula is C10H22N4. The fourth-order valence-corrected chi connectivity index (χ4v) is 2.38. The summed E-state index contributed by atoms with van der Waals surface area (Å²) in [4.78, 5) is 2.49. The van der Waals surface area contributed by atoms with Crippen LogP contribution in [0.1, 0.15) is 6.42 Å². The smallest absolute Gasteiger partial charge is 0.0209 e. The van der Waals surface area contributed by atoms with Crippen LogP contribution in [0, 0.1) is 5.92 Å². The molecule has 82 valence electrons. The maximum Gasteiger partial charge on any atom is 0.0209 e. The van der Waals surface area contributed by atoms with Crippen molar-refractivity contribution in [2.45, 2.75) is 12.5 Å². The molecule has 2 saturated heterocycles. The molecule has 14 heavy (non-hydrogen) atoms. The Hall–Kier alpha value is -0.160. The van der Waals surface area contributed by atoms with Gasteiger partial charge in [-0.05, 0) is 25.4 Å². The highest BCUT2D eigenvalue weighted by molar-refractivity contribution is 4.83. The highest BCUT2D eigenvalue weighted by atomic mass is 15.2. The van der Waals surface area contributed by atoms with E-state index in [1.165, 1.54) is 6.42 Å². The molecule has 2 aliphatic rings. The van der Waals surface area contributed by atoms with Crippen LogP contribution in [0.2, 0.25) is 0 Å². The van der Waals surface area contributed by atoms with Gasteiger partial charge in [0.15, 0.2) is 0 Å². The molecule has 4 N–H and O–H groups in total. The Morgan fingerprint density at radius 1 is 1.21 bits per heavy atom. The third-order valence-electron chi connectivity index (χ3n) is 3.38. The number of piperazine rings is 1. The molecule has 0 saturated carbocycles. The predicted octanol–water partition coefficient (Wildman–Crippen LogP) is -1.17. The minimum absolute atomic E-state index is 0.364.